The minimum Gasteiger partial charge on any atom is -0.365 e. The lowest BCUT2D eigenvalue weighted by Crippen LogP contribution is -2.50. The second kappa shape index (κ2) is 8.51. The summed E-state index contributed by atoms with van der Waals surface area (Å²) in [6.45, 7) is 4.63. The summed E-state index contributed by atoms with van der Waals surface area (Å²) in [6.07, 6.45) is 6.30. The molecule has 1 aliphatic carbocycles. The van der Waals surface area contributed by atoms with Crippen LogP contribution in [0.4, 0.5) is 14.6 Å². The Kier molecular flexibility index (Phi) is 5.58. The highest BCUT2D eigenvalue weighted by Gasteiger charge is 2.28. The number of likely N-dealkylation sites (N-methyl/N-ethyl adjacent to an activating group) is 1. The summed E-state index contributed by atoms with van der Waals surface area (Å²) in [6, 6.07) is 6.28. The van der Waals surface area contributed by atoms with Gasteiger partial charge in [0, 0.05) is 56.1 Å². The van der Waals surface area contributed by atoms with Crippen molar-refractivity contribution in [1.82, 2.24) is 24.8 Å². The average molecular weight is 427 g/mol. The molecule has 5 rings (SSSR count). The summed E-state index contributed by atoms with van der Waals surface area (Å²) in [4.78, 5) is 17.3. The highest BCUT2D eigenvalue weighted by molar-refractivity contribution is 5.88. The van der Waals surface area contributed by atoms with Gasteiger partial charge in [0.15, 0.2) is 5.82 Å². The molecule has 0 radical (unpaired) electrons. The molecule has 0 amide bonds. The first-order valence-corrected chi connectivity index (χ1v) is 11.1. The summed E-state index contributed by atoms with van der Waals surface area (Å²) in [5.41, 5.74) is 1.87. The summed E-state index contributed by atoms with van der Waals surface area (Å²) in [5.74, 6) is -0.0868. The maximum absolute atomic E-state index is 13.6. The molecule has 0 spiro atoms. The van der Waals surface area contributed by atoms with E-state index in [4.69, 9.17) is 0 Å². The van der Waals surface area contributed by atoms with Crippen molar-refractivity contribution < 1.29 is 8.78 Å². The molecule has 2 aromatic heterocycles. The minimum atomic E-state index is -0.621. The Hall–Kier alpha value is -2.58. The normalized spacial score (nSPS) is 23.3. The quantitative estimate of drug-likeness (QED) is 0.663. The number of piperazine rings is 1. The van der Waals surface area contributed by atoms with E-state index in [1.165, 1.54) is 25.0 Å². The Bertz CT molecular complexity index is 1030. The molecular weight excluding hydrogens is 398 g/mol. The van der Waals surface area contributed by atoms with Gasteiger partial charge in [0.25, 0.3) is 0 Å². The van der Waals surface area contributed by atoms with E-state index in [2.05, 4.69) is 37.1 Å². The van der Waals surface area contributed by atoms with Gasteiger partial charge in [-0.2, -0.15) is 0 Å². The number of halogens is 2. The van der Waals surface area contributed by atoms with Crippen LogP contribution < -0.4 is 5.32 Å². The molecule has 2 N–H and O–H groups in total. The van der Waals surface area contributed by atoms with E-state index < -0.39 is 11.6 Å². The van der Waals surface area contributed by atoms with Crippen LogP contribution in [0.5, 0.6) is 0 Å². The third-order valence-electron chi connectivity index (χ3n) is 6.63. The largest absolute Gasteiger partial charge is 0.365 e. The van der Waals surface area contributed by atoms with E-state index in [-0.39, 0.29) is 0 Å². The van der Waals surface area contributed by atoms with Crippen molar-refractivity contribution in [3.8, 4) is 11.4 Å². The van der Waals surface area contributed by atoms with E-state index in [1.54, 1.807) is 6.20 Å². The monoisotopic (exact) mass is 426 g/mol. The van der Waals surface area contributed by atoms with Crippen molar-refractivity contribution in [1.29, 1.82) is 0 Å². The first-order chi connectivity index (χ1) is 15.0. The standard InChI is InChI=1S/C23H28F2N6/c1-30-8-10-31(11-9-30)19-4-2-18(3-5-19)27-23-21-20(6-7-26-23)28-22(29-21)15-12-16(24)14-17(25)13-15/h6-7,12-14,18-19H,2-5,8-11H2,1H3,(H,26,27)(H,28,29). The predicted molar refractivity (Wildman–Crippen MR) is 118 cm³/mol. The summed E-state index contributed by atoms with van der Waals surface area (Å²) >= 11 is 0. The van der Waals surface area contributed by atoms with Crippen molar-refractivity contribution in [2.75, 3.05) is 38.5 Å². The number of fused-ring (bicyclic) bond motifs is 1. The van der Waals surface area contributed by atoms with Gasteiger partial charge in [0.1, 0.15) is 23.0 Å². The fourth-order valence-corrected chi connectivity index (χ4v) is 4.83. The van der Waals surface area contributed by atoms with Crippen molar-refractivity contribution in [2.24, 2.45) is 0 Å². The number of hydrogen-bond donors (Lipinski definition) is 2. The highest BCUT2D eigenvalue weighted by Crippen LogP contribution is 2.29. The van der Waals surface area contributed by atoms with E-state index in [9.17, 15) is 8.78 Å². The van der Waals surface area contributed by atoms with Crippen LogP contribution in [-0.4, -0.2) is 70.1 Å². The molecule has 0 bridgehead atoms. The van der Waals surface area contributed by atoms with Gasteiger partial charge < -0.3 is 15.2 Å². The second-order valence-electron chi connectivity index (χ2n) is 8.79. The molecule has 1 saturated carbocycles. The van der Waals surface area contributed by atoms with Gasteiger partial charge in [0.2, 0.25) is 0 Å². The third kappa shape index (κ3) is 4.41. The SMILES string of the molecule is CN1CCN(C2CCC(Nc3nccc4[nH]c(-c5cc(F)cc(F)c5)nc34)CC2)CC1. The summed E-state index contributed by atoms with van der Waals surface area (Å²) in [7, 11) is 2.19. The van der Waals surface area contributed by atoms with E-state index >= 15 is 0 Å². The topological polar surface area (TPSA) is 60.1 Å². The number of nitrogens with one attached hydrogen (secondary N) is 2. The molecule has 1 aromatic carbocycles. The van der Waals surface area contributed by atoms with Crippen LogP contribution >= 0.6 is 0 Å². The van der Waals surface area contributed by atoms with Gasteiger partial charge in [-0.3, -0.25) is 4.90 Å². The smallest absolute Gasteiger partial charge is 0.154 e. The maximum Gasteiger partial charge on any atom is 0.154 e. The van der Waals surface area contributed by atoms with Gasteiger partial charge >= 0.3 is 0 Å². The first-order valence-electron chi connectivity index (χ1n) is 11.1. The Morgan fingerprint density at radius 1 is 1.00 bits per heavy atom. The minimum absolute atomic E-state index is 0.355. The lowest BCUT2D eigenvalue weighted by Gasteiger charge is -2.41. The number of imidazole rings is 1. The Morgan fingerprint density at radius 3 is 2.42 bits per heavy atom. The number of aromatic amines is 1. The zero-order chi connectivity index (χ0) is 21.4. The van der Waals surface area contributed by atoms with Crippen molar-refractivity contribution in [3.05, 3.63) is 42.1 Å². The van der Waals surface area contributed by atoms with Gasteiger partial charge in [0.05, 0.1) is 5.52 Å². The molecule has 1 saturated heterocycles. The van der Waals surface area contributed by atoms with Crippen LogP contribution in [0.15, 0.2) is 30.5 Å². The molecule has 0 unspecified atom stereocenters. The lowest BCUT2D eigenvalue weighted by molar-refractivity contribution is 0.0894. The van der Waals surface area contributed by atoms with Gasteiger partial charge in [-0.25, -0.2) is 18.7 Å². The molecule has 1 aliphatic heterocycles. The van der Waals surface area contributed by atoms with Crippen LogP contribution in [0, 0.1) is 11.6 Å². The number of rotatable bonds is 4. The second-order valence-corrected chi connectivity index (χ2v) is 8.79. The molecule has 6 nitrogen and oxygen atoms in total. The highest BCUT2D eigenvalue weighted by atomic mass is 19.1. The van der Waals surface area contributed by atoms with Crippen LogP contribution in [0.1, 0.15) is 25.7 Å². The first kappa shape index (κ1) is 20.3. The number of benzene rings is 1. The molecule has 2 aliphatic rings. The molecule has 2 fully saturated rings. The molecule has 8 heteroatoms. The van der Waals surface area contributed by atoms with Crippen LogP contribution in [0.3, 0.4) is 0 Å². The number of H-pyrrole nitrogens is 1. The molecule has 0 atom stereocenters. The van der Waals surface area contributed by atoms with Crippen LogP contribution in [0.2, 0.25) is 0 Å². The van der Waals surface area contributed by atoms with E-state index in [1.807, 2.05) is 6.07 Å². The molecular formula is C23H28F2N6. The summed E-state index contributed by atoms with van der Waals surface area (Å²) in [5, 5.41) is 3.57. The van der Waals surface area contributed by atoms with Gasteiger partial charge in [-0.15, -0.1) is 0 Å². The molecule has 3 aromatic rings. The number of aromatic nitrogens is 3. The molecule has 3 heterocycles. The van der Waals surface area contributed by atoms with Crippen molar-refractivity contribution in [3.63, 3.8) is 0 Å². The lowest BCUT2D eigenvalue weighted by atomic mass is 9.89. The molecule has 164 valence electrons. The fraction of sp³-hybridized carbons (Fsp3) is 0.478. The Morgan fingerprint density at radius 2 is 1.71 bits per heavy atom. The Balaban J connectivity index is 1.28. The zero-order valence-corrected chi connectivity index (χ0v) is 17.7. The number of pyridine rings is 1. The van der Waals surface area contributed by atoms with E-state index in [0.29, 0.717) is 29.0 Å². The van der Waals surface area contributed by atoms with Crippen LogP contribution in [-0.2, 0) is 0 Å². The number of nitrogens with zero attached hydrogens (tertiary/aromatic N) is 4. The summed E-state index contributed by atoms with van der Waals surface area (Å²) < 4.78 is 27.3. The zero-order valence-electron chi connectivity index (χ0n) is 17.7. The average Bonchev–Trinajstić information content (AvgIpc) is 3.20. The van der Waals surface area contributed by atoms with Crippen molar-refractivity contribution in [2.45, 2.75) is 37.8 Å². The van der Waals surface area contributed by atoms with Crippen molar-refractivity contribution >= 4 is 16.9 Å². The predicted octanol–water partition coefficient (Wildman–Crippen LogP) is 3.87. The van der Waals surface area contributed by atoms with Gasteiger partial charge in [-0.1, -0.05) is 0 Å². The van der Waals surface area contributed by atoms with Gasteiger partial charge in [-0.05, 0) is 50.9 Å². The number of hydrogen-bond acceptors (Lipinski definition) is 5. The number of anilines is 1. The maximum atomic E-state index is 13.6. The molecule has 31 heavy (non-hydrogen) atoms. The third-order valence-corrected chi connectivity index (χ3v) is 6.63. The van der Waals surface area contributed by atoms with Crippen LogP contribution in [0.25, 0.3) is 22.4 Å². The Labute approximate surface area is 180 Å². The van der Waals surface area contributed by atoms with E-state index in [0.717, 1.165) is 56.4 Å². The fourth-order valence-electron chi connectivity index (χ4n) is 4.83.